The van der Waals surface area contributed by atoms with Gasteiger partial charge in [0.15, 0.2) is 0 Å². The first-order valence-corrected chi connectivity index (χ1v) is 5.05. The number of pyridine rings is 1. The SMILES string of the molecule is CC1(Cn2cc(N)ccc2=O)CCC1. The lowest BCUT2D eigenvalue weighted by atomic mass is 9.70. The summed E-state index contributed by atoms with van der Waals surface area (Å²) in [5, 5.41) is 0. The standard InChI is InChI=1S/C11H16N2O/c1-11(5-2-6-11)8-13-7-9(12)3-4-10(13)14/h3-4,7H,2,5-6,8,12H2,1H3. The van der Waals surface area contributed by atoms with E-state index in [2.05, 4.69) is 6.92 Å². The van der Waals surface area contributed by atoms with Crippen LogP contribution in [0.3, 0.4) is 0 Å². The zero-order chi connectivity index (χ0) is 10.2. The summed E-state index contributed by atoms with van der Waals surface area (Å²) in [7, 11) is 0. The van der Waals surface area contributed by atoms with Crippen LogP contribution in [-0.4, -0.2) is 4.57 Å². The quantitative estimate of drug-likeness (QED) is 0.774. The molecule has 3 heteroatoms. The summed E-state index contributed by atoms with van der Waals surface area (Å²) in [6.45, 7) is 3.03. The van der Waals surface area contributed by atoms with E-state index in [1.807, 2.05) is 0 Å². The van der Waals surface area contributed by atoms with Crippen LogP contribution in [0.2, 0.25) is 0 Å². The summed E-state index contributed by atoms with van der Waals surface area (Å²) >= 11 is 0. The second-order valence-electron chi connectivity index (χ2n) is 4.59. The van der Waals surface area contributed by atoms with E-state index in [0.29, 0.717) is 11.1 Å². The highest BCUT2D eigenvalue weighted by atomic mass is 16.1. The molecule has 2 rings (SSSR count). The average molecular weight is 192 g/mol. The molecule has 0 aliphatic heterocycles. The summed E-state index contributed by atoms with van der Waals surface area (Å²) < 4.78 is 1.73. The van der Waals surface area contributed by atoms with Crippen LogP contribution in [0.4, 0.5) is 5.69 Å². The summed E-state index contributed by atoms with van der Waals surface area (Å²) in [6.07, 6.45) is 5.46. The summed E-state index contributed by atoms with van der Waals surface area (Å²) in [5.74, 6) is 0. The van der Waals surface area contributed by atoms with Crippen LogP contribution < -0.4 is 11.3 Å². The van der Waals surface area contributed by atoms with Crippen LogP contribution >= 0.6 is 0 Å². The number of rotatable bonds is 2. The Morgan fingerprint density at radius 1 is 1.50 bits per heavy atom. The lowest BCUT2D eigenvalue weighted by molar-refractivity contribution is 0.130. The Balaban J connectivity index is 2.23. The van der Waals surface area contributed by atoms with Gasteiger partial charge in [-0.1, -0.05) is 13.3 Å². The van der Waals surface area contributed by atoms with Gasteiger partial charge < -0.3 is 10.3 Å². The van der Waals surface area contributed by atoms with E-state index in [0.717, 1.165) is 6.54 Å². The van der Waals surface area contributed by atoms with Gasteiger partial charge in [0.2, 0.25) is 0 Å². The first kappa shape index (κ1) is 9.31. The number of anilines is 1. The van der Waals surface area contributed by atoms with Gasteiger partial charge in [-0.05, 0) is 24.3 Å². The molecule has 0 spiro atoms. The first-order valence-electron chi connectivity index (χ1n) is 5.05. The number of nitrogens with zero attached hydrogens (tertiary/aromatic N) is 1. The van der Waals surface area contributed by atoms with Gasteiger partial charge in [-0.25, -0.2) is 0 Å². The van der Waals surface area contributed by atoms with Gasteiger partial charge in [0.05, 0.1) is 0 Å². The van der Waals surface area contributed by atoms with Gasteiger partial charge in [-0.3, -0.25) is 4.79 Å². The molecule has 0 radical (unpaired) electrons. The largest absolute Gasteiger partial charge is 0.398 e. The highest BCUT2D eigenvalue weighted by Gasteiger charge is 2.32. The highest BCUT2D eigenvalue weighted by molar-refractivity contribution is 5.33. The minimum Gasteiger partial charge on any atom is -0.398 e. The number of nitrogens with two attached hydrogens (primary N) is 1. The topological polar surface area (TPSA) is 48.0 Å². The van der Waals surface area contributed by atoms with Crippen molar-refractivity contribution in [3.05, 3.63) is 28.7 Å². The van der Waals surface area contributed by atoms with Crippen molar-refractivity contribution in [2.24, 2.45) is 5.41 Å². The molecular formula is C11H16N2O. The zero-order valence-electron chi connectivity index (χ0n) is 8.49. The molecule has 0 amide bonds. The maximum Gasteiger partial charge on any atom is 0.250 e. The first-order chi connectivity index (χ1) is 6.59. The Morgan fingerprint density at radius 3 is 2.79 bits per heavy atom. The Labute approximate surface area is 83.5 Å². The fourth-order valence-electron chi connectivity index (χ4n) is 2.02. The van der Waals surface area contributed by atoms with E-state index in [1.54, 1.807) is 16.8 Å². The molecule has 1 heterocycles. The highest BCUT2D eigenvalue weighted by Crippen LogP contribution is 2.41. The number of hydrogen-bond donors (Lipinski definition) is 1. The molecule has 3 nitrogen and oxygen atoms in total. The van der Waals surface area contributed by atoms with Crippen molar-refractivity contribution < 1.29 is 0 Å². The Kier molecular flexibility index (Phi) is 2.10. The zero-order valence-corrected chi connectivity index (χ0v) is 8.49. The van der Waals surface area contributed by atoms with E-state index in [-0.39, 0.29) is 5.56 Å². The molecule has 0 saturated heterocycles. The third-order valence-corrected chi connectivity index (χ3v) is 3.12. The van der Waals surface area contributed by atoms with Crippen molar-refractivity contribution in [3.8, 4) is 0 Å². The van der Waals surface area contributed by atoms with Crippen molar-refractivity contribution in [1.29, 1.82) is 0 Å². The molecule has 1 aliphatic rings. The molecule has 1 aromatic heterocycles. The van der Waals surface area contributed by atoms with Crippen LogP contribution in [0.15, 0.2) is 23.1 Å². The molecule has 1 saturated carbocycles. The van der Waals surface area contributed by atoms with E-state index in [1.165, 1.54) is 25.3 Å². The predicted octanol–water partition coefficient (Wildman–Crippen LogP) is 1.62. The fraction of sp³-hybridized carbons (Fsp3) is 0.545. The van der Waals surface area contributed by atoms with Gasteiger partial charge in [0.25, 0.3) is 5.56 Å². The van der Waals surface area contributed by atoms with Gasteiger partial charge in [-0.2, -0.15) is 0 Å². The van der Waals surface area contributed by atoms with Crippen LogP contribution in [0.1, 0.15) is 26.2 Å². The maximum atomic E-state index is 11.5. The molecule has 14 heavy (non-hydrogen) atoms. The molecule has 0 atom stereocenters. The molecule has 1 aromatic rings. The fourth-order valence-corrected chi connectivity index (χ4v) is 2.02. The van der Waals surface area contributed by atoms with Gasteiger partial charge in [0.1, 0.15) is 0 Å². The summed E-state index contributed by atoms with van der Waals surface area (Å²) in [6, 6.07) is 3.19. The average Bonchev–Trinajstić information content (AvgIpc) is 2.09. The normalized spacial score (nSPS) is 18.9. The van der Waals surface area contributed by atoms with Gasteiger partial charge >= 0.3 is 0 Å². The lowest BCUT2D eigenvalue weighted by Crippen LogP contribution is -2.34. The van der Waals surface area contributed by atoms with Gasteiger partial charge in [-0.15, -0.1) is 0 Å². The molecule has 1 fully saturated rings. The Morgan fingerprint density at radius 2 is 2.21 bits per heavy atom. The van der Waals surface area contributed by atoms with Crippen LogP contribution in [0, 0.1) is 5.41 Å². The molecular weight excluding hydrogens is 176 g/mol. The second-order valence-corrected chi connectivity index (χ2v) is 4.59. The van der Waals surface area contributed by atoms with Gasteiger partial charge in [0, 0.05) is 24.5 Å². The van der Waals surface area contributed by atoms with Crippen LogP contribution in [0.25, 0.3) is 0 Å². The summed E-state index contributed by atoms with van der Waals surface area (Å²) in [5.41, 5.74) is 6.67. The van der Waals surface area contributed by atoms with Crippen molar-refractivity contribution in [3.63, 3.8) is 0 Å². The summed E-state index contributed by atoms with van der Waals surface area (Å²) in [4.78, 5) is 11.5. The van der Waals surface area contributed by atoms with Crippen molar-refractivity contribution in [2.75, 3.05) is 5.73 Å². The van der Waals surface area contributed by atoms with E-state index in [4.69, 9.17) is 5.73 Å². The van der Waals surface area contributed by atoms with Crippen molar-refractivity contribution in [2.45, 2.75) is 32.7 Å². The monoisotopic (exact) mass is 192 g/mol. The van der Waals surface area contributed by atoms with E-state index < -0.39 is 0 Å². The molecule has 0 bridgehead atoms. The van der Waals surface area contributed by atoms with E-state index in [9.17, 15) is 4.79 Å². The lowest BCUT2D eigenvalue weighted by Gasteiger charge is -2.38. The Hall–Kier alpha value is -1.25. The smallest absolute Gasteiger partial charge is 0.250 e. The second kappa shape index (κ2) is 3.15. The minimum atomic E-state index is 0.0484. The molecule has 0 aromatic carbocycles. The maximum absolute atomic E-state index is 11.5. The van der Waals surface area contributed by atoms with Crippen molar-refractivity contribution >= 4 is 5.69 Å². The van der Waals surface area contributed by atoms with Crippen LogP contribution in [-0.2, 0) is 6.54 Å². The molecule has 2 N–H and O–H groups in total. The predicted molar refractivity (Wildman–Crippen MR) is 57.1 cm³/mol. The Bertz CT molecular complexity index is 391. The van der Waals surface area contributed by atoms with Crippen LogP contribution in [0.5, 0.6) is 0 Å². The molecule has 1 aliphatic carbocycles. The third kappa shape index (κ3) is 1.67. The number of nitrogen functional groups attached to an aromatic ring is 1. The molecule has 0 unspecified atom stereocenters. The number of hydrogen-bond acceptors (Lipinski definition) is 2. The minimum absolute atomic E-state index is 0.0484. The van der Waals surface area contributed by atoms with E-state index >= 15 is 0 Å². The van der Waals surface area contributed by atoms with Crippen molar-refractivity contribution in [1.82, 2.24) is 4.57 Å². The number of aromatic nitrogens is 1. The third-order valence-electron chi connectivity index (χ3n) is 3.12. The molecule has 76 valence electrons.